The lowest BCUT2D eigenvalue weighted by Crippen LogP contribution is -2.43. The standard InChI is InChI=1S/C20H25N7O3/c1-21-20(28)23-16-3-2-13(11-22-16)17-24-18(26-4-7-29-8-5-26)15-10-14-12-30-9-6-27(14)19(15)25-17/h2-3,11,14H,4-10,12H2,1H3,(H2,21,22,23,28)/t14-/m1/s1. The van der Waals surface area contributed by atoms with Crippen LogP contribution in [0, 0.1) is 0 Å². The van der Waals surface area contributed by atoms with Gasteiger partial charge in [-0.1, -0.05) is 0 Å². The highest BCUT2D eigenvalue weighted by atomic mass is 16.5. The third-order valence-corrected chi connectivity index (χ3v) is 5.70. The van der Waals surface area contributed by atoms with Crippen LogP contribution in [0.5, 0.6) is 0 Å². The predicted molar refractivity (Wildman–Crippen MR) is 112 cm³/mol. The molecule has 30 heavy (non-hydrogen) atoms. The van der Waals surface area contributed by atoms with Crippen LogP contribution in [-0.4, -0.2) is 80.1 Å². The molecule has 2 N–H and O–H groups in total. The number of carbonyl (C=O) groups is 1. The smallest absolute Gasteiger partial charge is 0.320 e. The molecule has 3 aliphatic heterocycles. The molecular weight excluding hydrogens is 386 g/mol. The number of anilines is 3. The van der Waals surface area contributed by atoms with Crippen molar-refractivity contribution in [3.8, 4) is 11.4 Å². The Morgan fingerprint density at radius 1 is 1.10 bits per heavy atom. The van der Waals surface area contributed by atoms with Crippen molar-refractivity contribution in [3.63, 3.8) is 0 Å². The van der Waals surface area contributed by atoms with Gasteiger partial charge in [-0.05, 0) is 12.1 Å². The van der Waals surface area contributed by atoms with Crippen LogP contribution in [0.15, 0.2) is 18.3 Å². The SMILES string of the molecule is CNC(=O)Nc1ccc(-c2nc(N3CCOCC3)c3c(n2)N2CCOC[C@H]2C3)cn1. The lowest BCUT2D eigenvalue weighted by Gasteiger charge is -2.31. The number of morpholine rings is 2. The van der Waals surface area contributed by atoms with Gasteiger partial charge in [0.2, 0.25) is 0 Å². The first-order chi connectivity index (χ1) is 14.7. The van der Waals surface area contributed by atoms with Gasteiger partial charge in [-0.15, -0.1) is 0 Å². The average molecular weight is 411 g/mol. The van der Waals surface area contributed by atoms with Crippen molar-refractivity contribution in [2.75, 3.05) is 68.2 Å². The Kier molecular flexibility index (Phi) is 5.09. The third-order valence-electron chi connectivity index (χ3n) is 5.70. The van der Waals surface area contributed by atoms with E-state index in [1.807, 2.05) is 6.07 Å². The van der Waals surface area contributed by atoms with Gasteiger partial charge in [0.25, 0.3) is 0 Å². The summed E-state index contributed by atoms with van der Waals surface area (Å²) in [7, 11) is 1.56. The lowest BCUT2D eigenvalue weighted by molar-refractivity contribution is 0.0973. The molecule has 0 saturated carbocycles. The maximum atomic E-state index is 11.5. The molecule has 2 fully saturated rings. The molecule has 5 heterocycles. The van der Waals surface area contributed by atoms with Crippen LogP contribution in [0.2, 0.25) is 0 Å². The van der Waals surface area contributed by atoms with Gasteiger partial charge in [0.05, 0.1) is 32.5 Å². The summed E-state index contributed by atoms with van der Waals surface area (Å²) in [6.45, 7) is 5.30. The maximum absolute atomic E-state index is 11.5. The summed E-state index contributed by atoms with van der Waals surface area (Å²) in [6, 6.07) is 3.65. The monoisotopic (exact) mass is 411 g/mol. The summed E-state index contributed by atoms with van der Waals surface area (Å²) in [6.07, 6.45) is 2.59. The summed E-state index contributed by atoms with van der Waals surface area (Å²) in [5, 5.41) is 5.18. The van der Waals surface area contributed by atoms with Crippen molar-refractivity contribution in [3.05, 3.63) is 23.9 Å². The van der Waals surface area contributed by atoms with Crippen molar-refractivity contribution >= 4 is 23.5 Å². The van der Waals surface area contributed by atoms with Gasteiger partial charge in [-0.2, -0.15) is 0 Å². The van der Waals surface area contributed by atoms with Crippen LogP contribution in [-0.2, 0) is 15.9 Å². The largest absolute Gasteiger partial charge is 0.378 e. The van der Waals surface area contributed by atoms with E-state index in [1.165, 1.54) is 5.56 Å². The van der Waals surface area contributed by atoms with Crippen molar-refractivity contribution in [2.45, 2.75) is 12.5 Å². The number of fused-ring (bicyclic) bond motifs is 3. The van der Waals surface area contributed by atoms with E-state index in [2.05, 4.69) is 25.4 Å². The molecule has 10 nitrogen and oxygen atoms in total. The number of hydrogen-bond acceptors (Lipinski definition) is 8. The number of rotatable bonds is 3. The minimum Gasteiger partial charge on any atom is -0.378 e. The molecule has 0 bridgehead atoms. The zero-order valence-electron chi connectivity index (χ0n) is 16.9. The fourth-order valence-corrected chi connectivity index (χ4v) is 4.16. The van der Waals surface area contributed by atoms with Crippen LogP contribution < -0.4 is 20.4 Å². The van der Waals surface area contributed by atoms with Crippen molar-refractivity contribution < 1.29 is 14.3 Å². The molecular formula is C20H25N7O3. The van der Waals surface area contributed by atoms with E-state index in [9.17, 15) is 4.79 Å². The zero-order valence-corrected chi connectivity index (χ0v) is 16.9. The number of urea groups is 1. The first-order valence-electron chi connectivity index (χ1n) is 10.3. The summed E-state index contributed by atoms with van der Waals surface area (Å²) in [5.74, 6) is 3.10. The van der Waals surface area contributed by atoms with Crippen LogP contribution in [0.1, 0.15) is 5.56 Å². The molecule has 0 unspecified atom stereocenters. The Balaban J connectivity index is 1.52. The molecule has 2 aromatic heterocycles. The predicted octanol–water partition coefficient (Wildman–Crippen LogP) is 0.888. The van der Waals surface area contributed by atoms with E-state index in [0.29, 0.717) is 37.5 Å². The molecule has 158 valence electrons. The molecule has 0 aliphatic carbocycles. The van der Waals surface area contributed by atoms with Gasteiger partial charge in [0.1, 0.15) is 17.5 Å². The van der Waals surface area contributed by atoms with Crippen LogP contribution in [0.25, 0.3) is 11.4 Å². The fraction of sp³-hybridized carbons (Fsp3) is 0.500. The van der Waals surface area contributed by atoms with Crippen LogP contribution >= 0.6 is 0 Å². The van der Waals surface area contributed by atoms with Crippen molar-refractivity contribution in [2.24, 2.45) is 0 Å². The Labute approximate surface area is 174 Å². The molecule has 0 spiro atoms. The Morgan fingerprint density at radius 3 is 2.67 bits per heavy atom. The fourth-order valence-electron chi connectivity index (χ4n) is 4.16. The van der Waals surface area contributed by atoms with E-state index in [-0.39, 0.29) is 6.03 Å². The third kappa shape index (κ3) is 3.52. The van der Waals surface area contributed by atoms with E-state index < -0.39 is 0 Å². The van der Waals surface area contributed by atoms with Gasteiger partial charge >= 0.3 is 6.03 Å². The maximum Gasteiger partial charge on any atom is 0.320 e. The van der Waals surface area contributed by atoms with Crippen molar-refractivity contribution in [1.82, 2.24) is 20.3 Å². The molecule has 5 rings (SSSR count). The molecule has 2 amide bonds. The molecule has 0 radical (unpaired) electrons. The van der Waals surface area contributed by atoms with E-state index in [0.717, 1.165) is 49.9 Å². The molecule has 3 aliphatic rings. The second kappa shape index (κ2) is 8.04. The summed E-state index contributed by atoms with van der Waals surface area (Å²) >= 11 is 0. The first kappa shape index (κ1) is 19.0. The number of nitrogens with zero attached hydrogens (tertiary/aromatic N) is 5. The van der Waals surface area contributed by atoms with Gasteiger partial charge in [0.15, 0.2) is 5.82 Å². The summed E-state index contributed by atoms with van der Waals surface area (Å²) in [4.78, 5) is 30.4. The molecule has 2 aromatic rings. The second-order valence-corrected chi connectivity index (χ2v) is 7.53. The number of hydrogen-bond donors (Lipinski definition) is 2. The quantitative estimate of drug-likeness (QED) is 0.767. The number of amides is 2. The summed E-state index contributed by atoms with van der Waals surface area (Å²) in [5.41, 5.74) is 2.01. The van der Waals surface area contributed by atoms with E-state index in [4.69, 9.17) is 19.4 Å². The molecule has 0 aromatic carbocycles. The number of nitrogens with one attached hydrogen (secondary N) is 2. The zero-order chi connectivity index (χ0) is 20.5. The topological polar surface area (TPSA) is 105 Å². The second-order valence-electron chi connectivity index (χ2n) is 7.53. The highest BCUT2D eigenvalue weighted by Crippen LogP contribution is 2.39. The average Bonchev–Trinajstić information content (AvgIpc) is 3.18. The van der Waals surface area contributed by atoms with Gasteiger partial charge in [-0.3, -0.25) is 5.32 Å². The van der Waals surface area contributed by atoms with Gasteiger partial charge < -0.3 is 24.6 Å². The Morgan fingerprint density at radius 2 is 1.90 bits per heavy atom. The highest BCUT2D eigenvalue weighted by Gasteiger charge is 2.37. The summed E-state index contributed by atoms with van der Waals surface area (Å²) < 4.78 is 11.2. The molecule has 10 heteroatoms. The number of ether oxygens (including phenoxy) is 2. The van der Waals surface area contributed by atoms with E-state index in [1.54, 1.807) is 19.3 Å². The minimum atomic E-state index is -0.308. The van der Waals surface area contributed by atoms with Crippen LogP contribution in [0.3, 0.4) is 0 Å². The number of carbonyl (C=O) groups excluding carboxylic acids is 1. The van der Waals surface area contributed by atoms with Crippen molar-refractivity contribution in [1.29, 1.82) is 0 Å². The van der Waals surface area contributed by atoms with Crippen LogP contribution in [0.4, 0.5) is 22.2 Å². The number of aromatic nitrogens is 3. The van der Waals surface area contributed by atoms with Gasteiger partial charge in [0, 0.05) is 50.4 Å². The molecule has 2 saturated heterocycles. The van der Waals surface area contributed by atoms with Gasteiger partial charge in [-0.25, -0.2) is 19.7 Å². The lowest BCUT2D eigenvalue weighted by atomic mass is 10.1. The minimum absolute atomic E-state index is 0.308. The Hall–Kier alpha value is -2.98. The first-order valence-corrected chi connectivity index (χ1v) is 10.3. The van der Waals surface area contributed by atoms with E-state index >= 15 is 0 Å². The Bertz CT molecular complexity index is 931. The number of pyridine rings is 1. The normalized spacial score (nSPS) is 20.5. The highest BCUT2D eigenvalue weighted by molar-refractivity contribution is 5.88. The molecule has 1 atom stereocenters.